The van der Waals surface area contributed by atoms with Crippen LogP contribution in [0.15, 0.2) is 24.3 Å². The molecule has 1 fully saturated rings. The van der Waals surface area contributed by atoms with Gasteiger partial charge in [0, 0.05) is 6.54 Å². The van der Waals surface area contributed by atoms with Crippen LogP contribution in [0.1, 0.15) is 36.3 Å². The monoisotopic (exact) mass is 175 g/mol. The highest BCUT2D eigenvalue weighted by Gasteiger charge is 2.18. The van der Waals surface area contributed by atoms with Crippen LogP contribution >= 0.6 is 0 Å². The fourth-order valence-electron chi connectivity index (χ4n) is 1.85. The lowest BCUT2D eigenvalue weighted by molar-refractivity contribution is 0.419. The Hall–Kier alpha value is -0.820. The SMILES string of the molecule is CNCc1ccc(C2CCC2)cc1. The third kappa shape index (κ3) is 1.92. The molecule has 1 aromatic rings. The molecule has 0 saturated heterocycles. The van der Waals surface area contributed by atoms with Crippen LogP contribution in [0.25, 0.3) is 0 Å². The highest BCUT2D eigenvalue weighted by atomic mass is 14.8. The zero-order valence-electron chi connectivity index (χ0n) is 8.22. The van der Waals surface area contributed by atoms with Crippen molar-refractivity contribution in [3.05, 3.63) is 35.4 Å². The number of hydrogen-bond donors (Lipinski definition) is 1. The summed E-state index contributed by atoms with van der Waals surface area (Å²) in [7, 11) is 1.99. The second-order valence-electron chi connectivity index (χ2n) is 3.90. The molecule has 0 aliphatic heterocycles. The molecular formula is C12H17N. The number of benzene rings is 1. The maximum Gasteiger partial charge on any atom is 0.0202 e. The largest absolute Gasteiger partial charge is 0.316 e. The third-order valence-corrected chi connectivity index (χ3v) is 2.94. The molecule has 1 aromatic carbocycles. The summed E-state index contributed by atoms with van der Waals surface area (Å²) < 4.78 is 0. The van der Waals surface area contributed by atoms with Crippen molar-refractivity contribution < 1.29 is 0 Å². The van der Waals surface area contributed by atoms with Crippen molar-refractivity contribution in [2.75, 3.05) is 7.05 Å². The second-order valence-corrected chi connectivity index (χ2v) is 3.90. The van der Waals surface area contributed by atoms with E-state index in [9.17, 15) is 0 Å². The van der Waals surface area contributed by atoms with Crippen molar-refractivity contribution in [1.29, 1.82) is 0 Å². The standard InChI is InChI=1S/C12H17N/c1-13-9-10-5-7-12(8-6-10)11-3-2-4-11/h5-8,11,13H,2-4,9H2,1H3. The van der Waals surface area contributed by atoms with E-state index in [-0.39, 0.29) is 0 Å². The lowest BCUT2D eigenvalue weighted by Gasteiger charge is -2.25. The molecule has 0 amide bonds. The minimum Gasteiger partial charge on any atom is -0.316 e. The van der Waals surface area contributed by atoms with Crippen molar-refractivity contribution in [1.82, 2.24) is 5.32 Å². The van der Waals surface area contributed by atoms with Gasteiger partial charge in [0.2, 0.25) is 0 Å². The first-order valence-electron chi connectivity index (χ1n) is 5.13. The molecular weight excluding hydrogens is 158 g/mol. The quantitative estimate of drug-likeness (QED) is 0.744. The average molecular weight is 175 g/mol. The minimum absolute atomic E-state index is 0.864. The van der Waals surface area contributed by atoms with E-state index in [1.165, 1.54) is 30.4 Å². The van der Waals surface area contributed by atoms with Gasteiger partial charge in [0.15, 0.2) is 0 Å². The maximum atomic E-state index is 3.16. The molecule has 13 heavy (non-hydrogen) atoms. The summed E-state index contributed by atoms with van der Waals surface area (Å²) in [6.45, 7) is 0.977. The Morgan fingerprint density at radius 1 is 1.23 bits per heavy atom. The molecule has 1 heteroatoms. The van der Waals surface area contributed by atoms with E-state index in [0.29, 0.717) is 0 Å². The highest BCUT2D eigenvalue weighted by molar-refractivity contribution is 5.26. The fourth-order valence-corrected chi connectivity index (χ4v) is 1.85. The Labute approximate surface area is 80.2 Å². The van der Waals surface area contributed by atoms with E-state index >= 15 is 0 Å². The maximum absolute atomic E-state index is 3.16. The van der Waals surface area contributed by atoms with Gasteiger partial charge in [0.05, 0.1) is 0 Å². The Morgan fingerprint density at radius 2 is 1.92 bits per heavy atom. The Morgan fingerprint density at radius 3 is 2.38 bits per heavy atom. The number of hydrogen-bond acceptors (Lipinski definition) is 1. The van der Waals surface area contributed by atoms with Crippen LogP contribution in [0, 0.1) is 0 Å². The van der Waals surface area contributed by atoms with Gasteiger partial charge >= 0.3 is 0 Å². The van der Waals surface area contributed by atoms with Crippen LogP contribution < -0.4 is 5.32 Å². The van der Waals surface area contributed by atoms with Crippen molar-refractivity contribution in [3.8, 4) is 0 Å². The van der Waals surface area contributed by atoms with Crippen LogP contribution in [-0.2, 0) is 6.54 Å². The Kier molecular flexibility index (Phi) is 2.65. The van der Waals surface area contributed by atoms with Crippen LogP contribution in [0.3, 0.4) is 0 Å². The van der Waals surface area contributed by atoms with Gasteiger partial charge in [-0.25, -0.2) is 0 Å². The summed E-state index contributed by atoms with van der Waals surface area (Å²) in [6, 6.07) is 9.06. The molecule has 0 radical (unpaired) electrons. The van der Waals surface area contributed by atoms with Crippen molar-refractivity contribution in [2.24, 2.45) is 0 Å². The van der Waals surface area contributed by atoms with Gasteiger partial charge in [0.1, 0.15) is 0 Å². The van der Waals surface area contributed by atoms with E-state index < -0.39 is 0 Å². The van der Waals surface area contributed by atoms with Gasteiger partial charge in [-0.3, -0.25) is 0 Å². The first-order chi connectivity index (χ1) is 6.40. The molecule has 0 bridgehead atoms. The lowest BCUT2D eigenvalue weighted by atomic mass is 9.80. The molecule has 1 aliphatic rings. The smallest absolute Gasteiger partial charge is 0.0202 e. The minimum atomic E-state index is 0.864. The average Bonchev–Trinajstić information content (AvgIpc) is 2.06. The van der Waals surface area contributed by atoms with Crippen LogP contribution in [0.4, 0.5) is 0 Å². The van der Waals surface area contributed by atoms with Gasteiger partial charge in [0.25, 0.3) is 0 Å². The zero-order valence-corrected chi connectivity index (χ0v) is 8.22. The fraction of sp³-hybridized carbons (Fsp3) is 0.500. The molecule has 0 atom stereocenters. The van der Waals surface area contributed by atoms with Gasteiger partial charge in [-0.1, -0.05) is 30.7 Å². The summed E-state index contributed by atoms with van der Waals surface area (Å²) in [4.78, 5) is 0. The summed E-state index contributed by atoms with van der Waals surface area (Å²) in [5, 5.41) is 3.16. The first-order valence-corrected chi connectivity index (χ1v) is 5.13. The second kappa shape index (κ2) is 3.93. The van der Waals surface area contributed by atoms with E-state index in [1.54, 1.807) is 0 Å². The van der Waals surface area contributed by atoms with Crippen molar-refractivity contribution in [3.63, 3.8) is 0 Å². The summed E-state index contributed by atoms with van der Waals surface area (Å²) in [5.41, 5.74) is 2.91. The topological polar surface area (TPSA) is 12.0 Å². The van der Waals surface area contributed by atoms with Crippen molar-refractivity contribution in [2.45, 2.75) is 31.7 Å². The summed E-state index contributed by atoms with van der Waals surface area (Å²) in [5.74, 6) is 0.864. The summed E-state index contributed by atoms with van der Waals surface area (Å²) in [6.07, 6.45) is 4.21. The predicted octanol–water partition coefficient (Wildman–Crippen LogP) is 2.67. The molecule has 1 N–H and O–H groups in total. The van der Waals surface area contributed by atoms with Crippen LogP contribution in [0.5, 0.6) is 0 Å². The highest BCUT2D eigenvalue weighted by Crippen LogP contribution is 2.36. The van der Waals surface area contributed by atoms with Crippen molar-refractivity contribution >= 4 is 0 Å². The lowest BCUT2D eigenvalue weighted by Crippen LogP contribution is -2.09. The van der Waals surface area contributed by atoms with E-state index in [4.69, 9.17) is 0 Å². The number of rotatable bonds is 3. The Balaban J connectivity index is 2.04. The normalized spacial score (nSPS) is 17.0. The zero-order chi connectivity index (χ0) is 9.10. The van der Waals surface area contributed by atoms with E-state index in [2.05, 4.69) is 29.6 Å². The molecule has 70 valence electrons. The molecule has 0 unspecified atom stereocenters. The molecule has 1 saturated carbocycles. The Bertz CT molecular complexity index is 259. The summed E-state index contributed by atoms with van der Waals surface area (Å²) >= 11 is 0. The first kappa shape index (κ1) is 8.76. The van der Waals surface area contributed by atoms with Gasteiger partial charge in [-0.05, 0) is 36.9 Å². The number of nitrogens with one attached hydrogen (secondary N) is 1. The van der Waals surface area contributed by atoms with Crippen LogP contribution in [-0.4, -0.2) is 7.05 Å². The third-order valence-electron chi connectivity index (χ3n) is 2.94. The molecule has 0 heterocycles. The molecule has 1 aliphatic carbocycles. The van der Waals surface area contributed by atoms with E-state index in [1.807, 2.05) is 7.05 Å². The predicted molar refractivity (Wildman–Crippen MR) is 55.8 cm³/mol. The van der Waals surface area contributed by atoms with Crippen LogP contribution in [0.2, 0.25) is 0 Å². The molecule has 0 aromatic heterocycles. The molecule has 0 spiro atoms. The molecule has 1 nitrogen and oxygen atoms in total. The van der Waals surface area contributed by atoms with Gasteiger partial charge in [-0.15, -0.1) is 0 Å². The molecule has 2 rings (SSSR count). The van der Waals surface area contributed by atoms with Gasteiger partial charge < -0.3 is 5.32 Å². The van der Waals surface area contributed by atoms with Gasteiger partial charge in [-0.2, -0.15) is 0 Å². The van der Waals surface area contributed by atoms with E-state index in [0.717, 1.165) is 12.5 Å².